The van der Waals surface area contributed by atoms with Crippen molar-refractivity contribution in [3.8, 4) is 5.75 Å². The van der Waals surface area contributed by atoms with Gasteiger partial charge in [0.05, 0.1) is 7.11 Å². The van der Waals surface area contributed by atoms with Crippen molar-refractivity contribution in [2.75, 3.05) is 32.2 Å². The van der Waals surface area contributed by atoms with Gasteiger partial charge in [0.1, 0.15) is 5.75 Å². The van der Waals surface area contributed by atoms with Crippen molar-refractivity contribution in [3.63, 3.8) is 0 Å². The number of rotatable bonds is 5. The molecule has 1 atom stereocenters. The molecule has 0 bridgehead atoms. The van der Waals surface area contributed by atoms with Crippen molar-refractivity contribution in [1.82, 2.24) is 4.90 Å². The van der Waals surface area contributed by atoms with Gasteiger partial charge >= 0.3 is 0 Å². The van der Waals surface area contributed by atoms with Gasteiger partial charge in [-0.25, -0.2) is 0 Å². The highest BCUT2D eigenvalue weighted by Crippen LogP contribution is 2.31. The van der Waals surface area contributed by atoms with Crippen molar-refractivity contribution < 1.29 is 4.74 Å². The van der Waals surface area contributed by atoms with E-state index in [-0.39, 0.29) is 5.54 Å². The average molecular weight is 280 g/mol. The minimum absolute atomic E-state index is 0.159. The number of nitrogens with zero attached hydrogens (tertiary/aromatic N) is 1. The Morgan fingerprint density at radius 2 is 2.32 bits per heavy atom. The van der Waals surface area contributed by atoms with E-state index in [2.05, 4.69) is 24.1 Å². The van der Waals surface area contributed by atoms with E-state index in [1.165, 1.54) is 24.2 Å². The van der Waals surface area contributed by atoms with Crippen molar-refractivity contribution in [2.45, 2.75) is 24.9 Å². The zero-order valence-corrected chi connectivity index (χ0v) is 12.7. The molecule has 1 saturated heterocycles. The molecule has 0 spiro atoms. The maximum Gasteiger partial charge on any atom is 0.119 e. The van der Waals surface area contributed by atoms with Gasteiger partial charge in [0, 0.05) is 24.4 Å². The second-order valence-electron chi connectivity index (χ2n) is 5.29. The molecule has 1 aromatic carbocycles. The van der Waals surface area contributed by atoms with Crippen LogP contribution in [0, 0.1) is 0 Å². The van der Waals surface area contributed by atoms with Gasteiger partial charge in [0.15, 0.2) is 0 Å². The number of benzene rings is 1. The highest BCUT2D eigenvalue weighted by atomic mass is 32.2. The minimum atomic E-state index is 0.159. The smallest absolute Gasteiger partial charge is 0.119 e. The fourth-order valence-electron chi connectivity index (χ4n) is 2.67. The summed E-state index contributed by atoms with van der Waals surface area (Å²) in [4.78, 5) is 2.42. The van der Waals surface area contributed by atoms with E-state index in [4.69, 9.17) is 10.5 Å². The van der Waals surface area contributed by atoms with Crippen LogP contribution in [-0.4, -0.2) is 42.6 Å². The summed E-state index contributed by atoms with van der Waals surface area (Å²) in [7, 11) is 3.90. The molecule has 1 fully saturated rings. The lowest BCUT2D eigenvalue weighted by Gasteiger charge is -2.43. The van der Waals surface area contributed by atoms with Gasteiger partial charge in [-0.3, -0.25) is 4.90 Å². The molecule has 1 aromatic rings. The van der Waals surface area contributed by atoms with E-state index < -0.39 is 0 Å². The molecule has 106 valence electrons. The van der Waals surface area contributed by atoms with Gasteiger partial charge in [-0.15, -0.1) is 0 Å². The van der Waals surface area contributed by atoms with Crippen molar-refractivity contribution in [1.29, 1.82) is 0 Å². The van der Waals surface area contributed by atoms with E-state index in [0.717, 1.165) is 24.6 Å². The summed E-state index contributed by atoms with van der Waals surface area (Å²) >= 11 is 2.03. The Kier molecular flexibility index (Phi) is 5.13. The molecule has 1 unspecified atom stereocenters. The van der Waals surface area contributed by atoms with Crippen molar-refractivity contribution in [3.05, 3.63) is 29.8 Å². The Morgan fingerprint density at radius 1 is 1.47 bits per heavy atom. The summed E-state index contributed by atoms with van der Waals surface area (Å²) in [6.45, 7) is 1.66. The molecule has 0 aromatic heterocycles. The Hall–Kier alpha value is -0.710. The summed E-state index contributed by atoms with van der Waals surface area (Å²) in [5, 5.41) is 0. The first-order valence-electron chi connectivity index (χ1n) is 6.82. The molecule has 0 radical (unpaired) electrons. The van der Waals surface area contributed by atoms with Crippen LogP contribution >= 0.6 is 11.8 Å². The number of hydrogen-bond acceptors (Lipinski definition) is 4. The van der Waals surface area contributed by atoms with Crippen LogP contribution in [-0.2, 0) is 6.54 Å². The third-order valence-corrected chi connectivity index (χ3v) is 5.36. The SMILES string of the molecule is COc1cccc(CN(C)C2(CN)CCCSC2)c1. The fraction of sp³-hybridized carbons (Fsp3) is 0.600. The predicted molar refractivity (Wildman–Crippen MR) is 82.8 cm³/mol. The maximum atomic E-state index is 6.07. The van der Waals surface area contributed by atoms with E-state index in [0.29, 0.717) is 0 Å². The summed E-state index contributed by atoms with van der Waals surface area (Å²) < 4.78 is 5.29. The number of hydrogen-bond donors (Lipinski definition) is 1. The molecule has 1 aliphatic rings. The summed E-state index contributed by atoms with van der Waals surface area (Å²) in [5.74, 6) is 3.34. The van der Waals surface area contributed by atoms with Crippen LogP contribution in [0.1, 0.15) is 18.4 Å². The molecule has 4 heteroatoms. The van der Waals surface area contributed by atoms with Crippen molar-refractivity contribution >= 4 is 11.8 Å². The number of thioether (sulfide) groups is 1. The second kappa shape index (κ2) is 6.64. The monoisotopic (exact) mass is 280 g/mol. The van der Waals surface area contributed by atoms with E-state index >= 15 is 0 Å². The number of nitrogens with two attached hydrogens (primary N) is 1. The summed E-state index contributed by atoms with van der Waals surface area (Å²) in [5.41, 5.74) is 7.51. The lowest BCUT2D eigenvalue weighted by atomic mass is 9.93. The van der Waals surface area contributed by atoms with Crippen molar-refractivity contribution in [2.24, 2.45) is 5.73 Å². The molecule has 0 amide bonds. The number of ether oxygens (including phenoxy) is 1. The number of methoxy groups -OCH3 is 1. The zero-order valence-electron chi connectivity index (χ0n) is 11.9. The van der Waals surface area contributed by atoms with E-state index in [9.17, 15) is 0 Å². The van der Waals surface area contributed by atoms with Gasteiger partial charge in [0.25, 0.3) is 0 Å². The van der Waals surface area contributed by atoms with Crippen LogP contribution < -0.4 is 10.5 Å². The Labute approximate surface area is 120 Å². The molecule has 2 N–H and O–H groups in total. The van der Waals surface area contributed by atoms with Gasteiger partial charge in [-0.2, -0.15) is 11.8 Å². The van der Waals surface area contributed by atoms with Crippen LogP contribution in [0.15, 0.2) is 24.3 Å². The van der Waals surface area contributed by atoms with Gasteiger partial charge < -0.3 is 10.5 Å². The molecule has 0 saturated carbocycles. The quantitative estimate of drug-likeness (QED) is 0.898. The fourth-order valence-corrected chi connectivity index (χ4v) is 4.02. The average Bonchev–Trinajstić information content (AvgIpc) is 2.48. The molecule has 19 heavy (non-hydrogen) atoms. The zero-order chi connectivity index (χ0) is 13.7. The standard InChI is InChI=1S/C15H24N2OS/c1-17(15(11-16)7-4-8-19-12-15)10-13-5-3-6-14(9-13)18-2/h3,5-6,9H,4,7-8,10-12,16H2,1-2H3. The van der Waals surface area contributed by atoms with E-state index in [1.807, 2.05) is 23.9 Å². The van der Waals surface area contributed by atoms with Crippen LogP contribution in [0.2, 0.25) is 0 Å². The number of likely N-dealkylation sites (N-methyl/N-ethyl adjacent to an activating group) is 1. The summed E-state index contributed by atoms with van der Waals surface area (Å²) in [6, 6.07) is 8.29. The third kappa shape index (κ3) is 3.44. The maximum absolute atomic E-state index is 6.07. The van der Waals surface area contributed by atoms with Gasteiger partial charge in [0.2, 0.25) is 0 Å². The molecular formula is C15H24N2OS. The highest BCUT2D eigenvalue weighted by molar-refractivity contribution is 7.99. The van der Waals surface area contributed by atoms with Gasteiger partial charge in [-0.05, 0) is 43.3 Å². The first-order chi connectivity index (χ1) is 9.20. The Bertz CT molecular complexity index is 405. The molecular weight excluding hydrogens is 256 g/mol. The minimum Gasteiger partial charge on any atom is -0.497 e. The first-order valence-corrected chi connectivity index (χ1v) is 7.98. The van der Waals surface area contributed by atoms with Crippen LogP contribution in [0.5, 0.6) is 5.75 Å². The Morgan fingerprint density at radius 3 is 2.95 bits per heavy atom. The summed E-state index contributed by atoms with van der Waals surface area (Å²) in [6.07, 6.45) is 2.47. The lowest BCUT2D eigenvalue weighted by molar-refractivity contribution is 0.127. The van der Waals surface area contributed by atoms with E-state index in [1.54, 1.807) is 7.11 Å². The van der Waals surface area contributed by atoms with Crippen LogP contribution in [0.25, 0.3) is 0 Å². The van der Waals surface area contributed by atoms with Crippen LogP contribution in [0.3, 0.4) is 0 Å². The first kappa shape index (κ1) is 14.7. The highest BCUT2D eigenvalue weighted by Gasteiger charge is 2.34. The molecule has 1 heterocycles. The predicted octanol–water partition coefficient (Wildman–Crippen LogP) is 2.35. The molecule has 2 rings (SSSR count). The van der Waals surface area contributed by atoms with Crippen LogP contribution in [0.4, 0.5) is 0 Å². The molecule has 1 aliphatic heterocycles. The normalized spacial score (nSPS) is 23.6. The molecule has 0 aliphatic carbocycles. The largest absolute Gasteiger partial charge is 0.497 e. The second-order valence-corrected chi connectivity index (χ2v) is 6.40. The Balaban J connectivity index is 2.07. The van der Waals surface area contributed by atoms with Gasteiger partial charge in [-0.1, -0.05) is 12.1 Å². The topological polar surface area (TPSA) is 38.5 Å². The molecule has 3 nitrogen and oxygen atoms in total. The lowest BCUT2D eigenvalue weighted by Crippen LogP contribution is -2.55. The third-order valence-electron chi connectivity index (χ3n) is 4.05.